The summed E-state index contributed by atoms with van der Waals surface area (Å²) in [7, 11) is 0. The molecule has 0 saturated heterocycles. The average molecular weight is 291 g/mol. The van der Waals surface area contributed by atoms with Crippen molar-refractivity contribution >= 4 is 0 Å². The third kappa shape index (κ3) is 3.86. The van der Waals surface area contributed by atoms with Crippen molar-refractivity contribution in [2.45, 2.75) is 76.5 Å². The molecule has 4 heteroatoms. The lowest BCUT2D eigenvalue weighted by Crippen LogP contribution is -2.36. The lowest BCUT2D eigenvalue weighted by atomic mass is 9.78. The average Bonchev–Trinajstić information content (AvgIpc) is 3.06. The Hall–Kier alpha value is -0.870. The van der Waals surface area contributed by atoms with Crippen LogP contribution in [0.4, 0.5) is 0 Å². The van der Waals surface area contributed by atoms with E-state index in [1.165, 1.54) is 38.5 Å². The number of nitrogens with two attached hydrogens (primary N) is 1. The number of hydrogen-bond donors (Lipinski definition) is 1. The van der Waals surface area contributed by atoms with Crippen LogP contribution in [0.5, 0.6) is 0 Å². The number of rotatable bonds is 7. The van der Waals surface area contributed by atoms with Gasteiger partial charge >= 0.3 is 0 Å². The van der Waals surface area contributed by atoms with Gasteiger partial charge in [-0.25, -0.2) is 0 Å². The van der Waals surface area contributed by atoms with E-state index in [4.69, 9.17) is 15.6 Å². The van der Waals surface area contributed by atoms with E-state index in [2.05, 4.69) is 23.9 Å². The van der Waals surface area contributed by atoms with Gasteiger partial charge in [0.1, 0.15) is 0 Å². The Morgan fingerprint density at radius 3 is 2.86 bits per heavy atom. The van der Waals surface area contributed by atoms with Crippen LogP contribution >= 0.6 is 0 Å². The maximum Gasteiger partial charge on any atom is 0.0640 e. The molecule has 1 atom stereocenters. The SMILES string of the molecule is CCOC1CC(CC(N)Cc2ccn(C3CCCC3)n2)C1. The number of nitrogens with zero attached hydrogens (tertiary/aromatic N) is 2. The van der Waals surface area contributed by atoms with E-state index in [9.17, 15) is 0 Å². The van der Waals surface area contributed by atoms with Gasteiger partial charge in [0.25, 0.3) is 0 Å². The summed E-state index contributed by atoms with van der Waals surface area (Å²) in [6.07, 6.45) is 12.3. The van der Waals surface area contributed by atoms with Gasteiger partial charge < -0.3 is 10.5 Å². The molecule has 118 valence electrons. The van der Waals surface area contributed by atoms with Gasteiger partial charge in [-0.05, 0) is 51.0 Å². The number of hydrogen-bond acceptors (Lipinski definition) is 3. The minimum atomic E-state index is 0.240. The summed E-state index contributed by atoms with van der Waals surface area (Å²) in [5, 5.41) is 4.74. The second kappa shape index (κ2) is 6.93. The van der Waals surface area contributed by atoms with E-state index in [1.54, 1.807) is 0 Å². The molecule has 2 saturated carbocycles. The Morgan fingerprint density at radius 1 is 1.38 bits per heavy atom. The van der Waals surface area contributed by atoms with Crippen LogP contribution in [-0.2, 0) is 11.2 Å². The van der Waals surface area contributed by atoms with Crippen molar-refractivity contribution in [2.24, 2.45) is 11.7 Å². The Bertz CT molecular complexity index is 433. The summed E-state index contributed by atoms with van der Waals surface area (Å²) in [5.74, 6) is 0.758. The molecule has 21 heavy (non-hydrogen) atoms. The van der Waals surface area contributed by atoms with Crippen LogP contribution in [0, 0.1) is 5.92 Å². The van der Waals surface area contributed by atoms with Gasteiger partial charge in [-0.1, -0.05) is 12.8 Å². The zero-order chi connectivity index (χ0) is 14.7. The molecule has 1 heterocycles. The maximum absolute atomic E-state index is 6.31. The summed E-state index contributed by atoms with van der Waals surface area (Å²) in [6.45, 7) is 2.90. The second-order valence-electron chi connectivity index (χ2n) is 6.84. The molecule has 0 radical (unpaired) electrons. The topological polar surface area (TPSA) is 53.1 Å². The summed E-state index contributed by atoms with van der Waals surface area (Å²) in [5.41, 5.74) is 7.47. The van der Waals surface area contributed by atoms with Crippen molar-refractivity contribution in [1.82, 2.24) is 9.78 Å². The van der Waals surface area contributed by atoms with Crippen molar-refractivity contribution in [1.29, 1.82) is 0 Å². The molecular weight excluding hydrogens is 262 g/mol. The largest absolute Gasteiger partial charge is 0.378 e. The van der Waals surface area contributed by atoms with E-state index in [1.807, 2.05) is 0 Å². The van der Waals surface area contributed by atoms with E-state index in [-0.39, 0.29) is 6.04 Å². The normalized spacial score (nSPS) is 27.7. The third-order valence-corrected chi connectivity index (χ3v) is 5.06. The highest BCUT2D eigenvalue weighted by Crippen LogP contribution is 2.33. The number of aromatic nitrogens is 2. The Labute approximate surface area is 128 Å². The molecule has 3 rings (SSSR count). The predicted octanol–water partition coefficient (Wildman–Crippen LogP) is 3.07. The highest BCUT2D eigenvalue weighted by Gasteiger charge is 2.30. The molecule has 1 aromatic rings. The Kier molecular flexibility index (Phi) is 4.96. The van der Waals surface area contributed by atoms with Gasteiger partial charge in [0.15, 0.2) is 0 Å². The van der Waals surface area contributed by atoms with Gasteiger partial charge in [0.2, 0.25) is 0 Å². The molecule has 1 unspecified atom stereocenters. The first-order valence-electron chi connectivity index (χ1n) is 8.65. The lowest BCUT2D eigenvalue weighted by molar-refractivity contribution is -0.0281. The fourth-order valence-electron chi connectivity index (χ4n) is 3.88. The molecule has 2 aliphatic rings. The van der Waals surface area contributed by atoms with Gasteiger partial charge in [0, 0.05) is 25.3 Å². The maximum atomic E-state index is 6.31. The van der Waals surface area contributed by atoms with Crippen LogP contribution in [0.25, 0.3) is 0 Å². The summed E-state index contributed by atoms with van der Waals surface area (Å²) < 4.78 is 7.78. The standard InChI is InChI=1S/C17H29N3O/c1-2-21-17-10-13(11-17)9-14(18)12-15-7-8-20(19-15)16-5-3-4-6-16/h7-8,13-14,16-17H,2-6,9-12,18H2,1H3. The first-order chi connectivity index (χ1) is 10.2. The van der Waals surface area contributed by atoms with Crippen LogP contribution in [-0.4, -0.2) is 28.5 Å². The second-order valence-corrected chi connectivity index (χ2v) is 6.84. The van der Waals surface area contributed by atoms with Crippen LogP contribution in [0.2, 0.25) is 0 Å². The van der Waals surface area contributed by atoms with Gasteiger partial charge in [-0.2, -0.15) is 5.10 Å². The number of ether oxygens (including phenoxy) is 1. The molecule has 0 bridgehead atoms. The molecule has 1 aromatic heterocycles. The van der Waals surface area contributed by atoms with Crippen molar-refractivity contribution in [3.05, 3.63) is 18.0 Å². The van der Waals surface area contributed by atoms with Crippen molar-refractivity contribution in [3.8, 4) is 0 Å². The van der Waals surface area contributed by atoms with Gasteiger partial charge in [-0.3, -0.25) is 4.68 Å². The van der Waals surface area contributed by atoms with Crippen LogP contribution < -0.4 is 5.73 Å². The monoisotopic (exact) mass is 291 g/mol. The summed E-state index contributed by atoms with van der Waals surface area (Å²) >= 11 is 0. The van der Waals surface area contributed by atoms with Crippen molar-refractivity contribution < 1.29 is 4.74 Å². The summed E-state index contributed by atoms with van der Waals surface area (Å²) in [6, 6.07) is 3.03. The molecular formula is C17H29N3O. The molecule has 2 fully saturated rings. The van der Waals surface area contributed by atoms with E-state index in [0.29, 0.717) is 12.1 Å². The van der Waals surface area contributed by atoms with Gasteiger partial charge in [-0.15, -0.1) is 0 Å². The lowest BCUT2D eigenvalue weighted by Gasteiger charge is -2.36. The smallest absolute Gasteiger partial charge is 0.0640 e. The first kappa shape index (κ1) is 15.0. The van der Waals surface area contributed by atoms with Gasteiger partial charge in [0.05, 0.1) is 17.8 Å². The van der Waals surface area contributed by atoms with E-state index >= 15 is 0 Å². The Morgan fingerprint density at radius 2 is 2.14 bits per heavy atom. The van der Waals surface area contributed by atoms with Crippen molar-refractivity contribution in [3.63, 3.8) is 0 Å². The highest BCUT2D eigenvalue weighted by atomic mass is 16.5. The Balaban J connectivity index is 1.41. The summed E-state index contributed by atoms with van der Waals surface area (Å²) in [4.78, 5) is 0. The molecule has 4 nitrogen and oxygen atoms in total. The zero-order valence-electron chi connectivity index (χ0n) is 13.2. The fraction of sp³-hybridized carbons (Fsp3) is 0.824. The molecule has 2 aliphatic carbocycles. The molecule has 0 aromatic carbocycles. The van der Waals surface area contributed by atoms with Crippen LogP contribution in [0.3, 0.4) is 0 Å². The van der Waals surface area contributed by atoms with Crippen molar-refractivity contribution in [2.75, 3.05) is 6.61 Å². The predicted molar refractivity (Wildman–Crippen MR) is 84.2 cm³/mol. The fourth-order valence-corrected chi connectivity index (χ4v) is 3.88. The third-order valence-electron chi connectivity index (χ3n) is 5.06. The zero-order valence-corrected chi connectivity index (χ0v) is 13.2. The van der Waals surface area contributed by atoms with E-state index in [0.717, 1.165) is 31.1 Å². The first-order valence-corrected chi connectivity index (χ1v) is 8.65. The molecule has 0 aliphatic heterocycles. The highest BCUT2D eigenvalue weighted by molar-refractivity contribution is 5.03. The molecule has 0 spiro atoms. The quantitative estimate of drug-likeness (QED) is 0.840. The molecule has 2 N–H and O–H groups in total. The minimum Gasteiger partial charge on any atom is -0.378 e. The van der Waals surface area contributed by atoms with Crippen LogP contribution in [0.1, 0.15) is 63.6 Å². The minimum absolute atomic E-state index is 0.240. The molecule has 0 amide bonds. The van der Waals surface area contributed by atoms with E-state index < -0.39 is 0 Å². The van der Waals surface area contributed by atoms with Crippen LogP contribution in [0.15, 0.2) is 12.3 Å².